The zero-order chi connectivity index (χ0) is 21.6. The molecule has 1 unspecified atom stereocenters. The highest BCUT2D eigenvalue weighted by atomic mass is 19.1. The third-order valence-electron chi connectivity index (χ3n) is 5.38. The Bertz CT molecular complexity index is 1040. The summed E-state index contributed by atoms with van der Waals surface area (Å²) < 4.78 is 26.5. The van der Waals surface area contributed by atoms with Crippen LogP contribution in [0.4, 0.5) is 4.39 Å². The highest BCUT2D eigenvalue weighted by molar-refractivity contribution is 5.92. The molecule has 162 valence electrons. The summed E-state index contributed by atoms with van der Waals surface area (Å²) in [6, 6.07) is 14.0. The number of hydrogen-bond donors (Lipinski definition) is 0. The molecule has 8 heteroatoms. The van der Waals surface area contributed by atoms with Crippen LogP contribution in [0.3, 0.4) is 0 Å². The molecule has 7 nitrogen and oxygen atoms in total. The van der Waals surface area contributed by atoms with E-state index in [9.17, 15) is 9.18 Å². The lowest BCUT2D eigenvalue weighted by atomic mass is 9.98. The van der Waals surface area contributed by atoms with E-state index in [4.69, 9.17) is 9.47 Å². The summed E-state index contributed by atoms with van der Waals surface area (Å²) in [7, 11) is 1.62. The highest BCUT2D eigenvalue weighted by Crippen LogP contribution is 2.23. The molecule has 31 heavy (non-hydrogen) atoms. The first-order valence-electron chi connectivity index (χ1n) is 10.3. The Hall–Kier alpha value is -3.42. The van der Waals surface area contributed by atoms with Crippen molar-refractivity contribution in [2.24, 2.45) is 5.92 Å². The van der Waals surface area contributed by atoms with Crippen molar-refractivity contribution >= 4 is 5.91 Å². The number of rotatable bonds is 7. The van der Waals surface area contributed by atoms with Crippen molar-refractivity contribution in [3.05, 3.63) is 71.8 Å². The van der Waals surface area contributed by atoms with Crippen molar-refractivity contribution in [3.63, 3.8) is 0 Å². The Morgan fingerprint density at radius 1 is 1.19 bits per heavy atom. The van der Waals surface area contributed by atoms with Crippen LogP contribution >= 0.6 is 0 Å². The van der Waals surface area contributed by atoms with Gasteiger partial charge in [0.1, 0.15) is 17.3 Å². The minimum absolute atomic E-state index is 0.161. The van der Waals surface area contributed by atoms with Crippen LogP contribution in [0.25, 0.3) is 0 Å². The maximum absolute atomic E-state index is 13.9. The lowest BCUT2D eigenvalue weighted by molar-refractivity contribution is 0.0627. The van der Waals surface area contributed by atoms with Crippen molar-refractivity contribution in [2.45, 2.75) is 19.4 Å². The first kappa shape index (κ1) is 20.8. The van der Waals surface area contributed by atoms with Crippen LogP contribution in [-0.4, -0.2) is 52.6 Å². The molecule has 3 aromatic rings. The van der Waals surface area contributed by atoms with Gasteiger partial charge in [-0.25, -0.2) is 9.07 Å². The third kappa shape index (κ3) is 5.20. The van der Waals surface area contributed by atoms with Crippen LogP contribution in [0.5, 0.6) is 11.5 Å². The van der Waals surface area contributed by atoms with E-state index in [2.05, 4.69) is 10.3 Å². The molecule has 4 rings (SSSR count). The third-order valence-corrected chi connectivity index (χ3v) is 5.38. The van der Waals surface area contributed by atoms with Crippen molar-refractivity contribution < 1.29 is 18.7 Å². The normalized spacial score (nSPS) is 16.2. The number of likely N-dealkylation sites (tertiary alicyclic amines) is 1. The predicted molar refractivity (Wildman–Crippen MR) is 113 cm³/mol. The molecule has 0 saturated carbocycles. The zero-order valence-corrected chi connectivity index (χ0v) is 17.4. The van der Waals surface area contributed by atoms with Gasteiger partial charge in [-0.1, -0.05) is 29.5 Å². The van der Waals surface area contributed by atoms with E-state index < -0.39 is 0 Å². The van der Waals surface area contributed by atoms with Gasteiger partial charge >= 0.3 is 0 Å². The number of methoxy groups -OCH3 is 1. The second-order valence-electron chi connectivity index (χ2n) is 7.64. The lowest BCUT2D eigenvalue weighted by Crippen LogP contribution is -2.41. The standard InChI is InChI=1S/C23H25FN4O3/c1-30-19-8-4-9-20(12-19)31-16-17-6-5-11-27(13-17)23(29)22-15-28(26-25-22)14-18-7-2-3-10-21(18)24/h2-4,7-10,12,15,17H,5-6,11,13-14,16H2,1H3. The van der Waals surface area contributed by atoms with Crippen LogP contribution in [0, 0.1) is 11.7 Å². The molecule has 1 saturated heterocycles. The molecule has 1 amide bonds. The fourth-order valence-corrected chi connectivity index (χ4v) is 3.73. The fraction of sp³-hybridized carbons (Fsp3) is 0.348. The van der Waals surface area contributed by atoms with Gasteiger partial charge in [-0.15, -0.1) is 5.10 Å². The summed E-state index contributed by atoms with van der Waals surface area (Å²) in [6.45, 7) is 2.03. The largest absolute Gasteiger partial charge is 0.497 e. The average molecular weight is 424 g/mol. The molecule has 0 spiro atoms. The van der Waals surface area contributed by atoms with Gasteiger partial charge in [0.15, 0.2) is 5.69 Å². The van der Waals surface area contributed by atoms with Gasteiger partial charge in [0.25, 0.3) is 5.91 Å². The first-order valence-corrected chi connectivity index (χ1v) is 10.3. The molecule has 0 bridgehead atoms. The molecular weight excluding hydrogens is 399 g/mol. The topological polar surface area (TPSA) is 69.5 Å². The van der Waals surface area contributed by atoms with E-state index in [0.717, 1.165) is 24.3 Å². The molecule has 2 heterocycles. The minimum Gasteiger partial charge on any atom is -0.497 e. The number of ether oxygens (including phenoxy) is 2. The summed E-state index contributed by atoms with van der Waals surface area (Å²) in [5.74, 6) is 1.26. The quantitative estimate of drug-likeness (QED) is 0.581. The highest BCUT2D eigenvalue weighted by Gasteiger charge is 2.26. The van der Waals surface area contributed by atoms with E-state index in [0.29, 0.717) is 25.3 Å². The first-order chi connectivity index (χ1) is 15.1. The van der Waals surface area contributed by atoms with Crippen LogP contribution in [-0.2, 0) is 6.54 Å². The fourth-order valence-electron chi connectivity index (χ4n) is 3.73. The second kappa shape index (κ2) is 9.59. The van der Waals surface area contributed by atoms with Gasteiger partial charge in [0.2, 0.25) is 0 Å². The minimum atomic E-state index is -0.305. The maximum atomic E-state index is 13.9. The Morgan fingerprint density at radius 3 is 2.87 bits per heavy atom. The number of amides is 1. The molecule has 1 aliphatic rings. The van der Waals surface area contributed by atoms with Gasteiger partial charge in [-0.05, 0) is 31.0 Å². The number of nitrogens with zero attached hydrogens (tertiary/aromatic N) is 4. The average Bonchev–Trinajstić information content (AvgIpc) is 3.27. The Balaban J connectivity index is 1.34. The van der Waals surface area contributed by atoms with Crippen molar-refractivity contribution in [2.75, 3.05) is 26.8 Å². The monoisotopic (exact) mass is 424 g/mol. The molecule has 1 fully saturated rings. The van der Waals surface area contributed by atoms with E-state index in [1.165, 1.54) is 10.7 Å². The summed E-state index contributed by atoms with van der Waals surface area (Å²) in [4.78, 5) is 14.7. The summed E-state index contributed by atoms with van der Waals surface area (Å²) in [5, 5.41) is 8.00. The van der Waals surface area contributed by atoms with Gasteiger partial charge in [-0.3, -0.25) is 4.79 Å². The molecular formula is C23H25FN4O3. The van der Waals surface area contributed by atoms with Crippen molar-refractivity contribution in [3.8, 4) is 11.5 Å². The van der Waals surface area contributed by atoms with Gasteiger partial charge < -0.3 is 14.4 Å². The number of benzene rings is 2. The molecule has 1 atom stereocenters. The zero-order valence-electron chi connectivity index (χ0n) is 17.4. The van der Waals surface area contributed by atoms with Crippen molar-refractivity contribution in [1.29, 1.82) is 0 Å². The molecule has 0 aliphatic carbocycles. The number of carbonyl (C=O) groups excluding carboxylic acids is 1. The van der Waals surface area contributed by atoms with E-state index in [-0.39, 0.29) is 29.9 Å². The molecule has 1 aliphatic heterocycles. The molecule has 0 radical (unpaired) electrons. The number of carbonyl (C=O) groups is 1. The van der Waals surface area contributed by atoms with Gasteiger partial charge in [0.05, 0.1) is 26.5 Å². The molecule has 0 N–H and O–H groups in total. The van der Waals surface area contributed by atoms with Crippen LogP contribution in [0.15, 0.2) is 54.7 Å². The second-order valence-corrected chi connectivity index (χ2v) is 7.64. The smallest absolute Gasteiger partial charge is 0.276 e. The Labute approximate surface area is 180 Å². The lowest BCUT2D eigenvalue weighted by Gasteiger charge is -2.32. The Kier molecular flexibility index (Phi) is 6.45. The van der Waals surface area contributed by atoms with Crippen LogP contribution in [0.1, 0.15) is 28.9 Å². The maximum Gasteiger partial charge on any atom is 0.276 e. The SMILES string of the molecule is COc1cccc(OCC2CCCN(C(=O)c3cn(Cc4ccccc4F)nn3)C2)c1. The van der Waals surface area contributed by atoms with Crippen molar-refractivity contribution in [1.82, 2.24) is 19.9 Å². The number of hydrogen-bond acceptors (Lipinski definition) is 5. The Morgan fingerprint density at radius 2 is 2.03 bits per heavy atom. The van der Waals surface area contributed by atoms with E-state index in [1.54, 1.807) is 36.4 Å². The summed E-state index contributed by atoms with van der Waals surface area (Å²) >= 11 is 0. The van der Waals surface area contributed by atoms with E-state index in [1.807, 2.05) is 24.3 Å². The summed E-state index contributed by atoms with van der Waals surface area (Å²) in [5.41, 5.74) is 0.768. The van der Waals surface area contributed by atoms with Gasteiger partial charge in [-0.2, -0.15) is 0 Å². The summed E-state index contributed by atoms with van der Waals surface area (Å²) in [6.07, 6.45) is 3.47. The van der Waals surface area contributed by atoms with Crippen LogP contribution < -0.4 is 9.47 Å². The predicted octanol–water partition coefficient (Wildman–Crippen LogP) is 3.41. The van der Waals surface area contributed by atoms with Gasteiger partial charge in [0, 0.05) is 30.6 Å². The van der Waals surface area contributed by atoms with E-state index >= 15 is 0 Å². The number of piperidine rings is 1. The number of halogens is 1. The number of aromatic nitrogens is 3. The molecule has 2 aromatic carbocycles. The molecule has 1 aromatic heterocycles. The van der Waals surface area contributed by atoms with Crippen LogP contribution in [0.2, 0.25) is 0 Å².